The fourth-order valence-corrected chi connectivity index (χ4v) is 2.06. The van der Waals surface area contributed by atoms with E-state index >= 15 is 0 Å². The molecule has 120 valence electrons. The summed E-state index contributed by atoms with van der Waals surface area (Å²) in [4.78, 5) is 23.4. The highest BCUT2D eigenvalue weighted by Crippen LogP contribution is 2.19. The van der Waals surface area contributed by atoms with Crippen molar-refractivity contribution < 1.29 is 9.59 Å². The Kier molecular flexibility index (Phi) is 6.00. The number of carbonyl (C=O) groups is 2. The number of amides is 3. The van der Waals surface area contributed by atoms with Crippen molar-refractivity contribution in [3.8, 4) is 0 Å². The van der Waals surface area contributed by atoms with E-state index in [4.69, 9.17) is 11.6 Å². The maximum atomic E-state index is 11.8. The summed E-state index contributed by atoms with van der Waals surface area (Å²) < 4.78 is 0. The van der Waals surface area contributed by atoms with Crippen LogP contribution in [-0.4, -0.2) is 18.5 Å². The van der Waals surface area contributed by atoms with E-state index in [0.29, 0.717) is 17.3 Å². The minimum Gasteiger partial charge on any atom is -0.334 e. The van der Waals surface area contributed by atoms with Gasteiger partial charge in [-0.2, -0.15) is 0 Å². The Morgan fingerprint density at radius 1 is 1.04 bits per heavy atom. The van der Waals surface area contributed by atoms with Crippen LogP contribution in [0.3, 0.4) is 0 Å². The molecule has 2 aromatic carbocycles. The maximum absolute atomic E-state index is 11.8. The van der Waals surface area contributed by atoms with Crippen LogP contribution in [0.5, 0.6) is 0 Å². The van der Waals surface area contributed by atoms with Gasteiger partial charge < -0.3 is 16.0 Å². The standard InChI is InChI=1S/C17H18ClN3O2/c1-12-7-8-14(9-15(12)18)21-16(22)11-20-17(23)19-10-13-5-3-2-4-6-13/h2-9H,10-11H2,1H3,(H,21,22)(H2,19,20,23). The molecule has 0 spiro atoms. The highest BCUT2D eigenvalue weighted by atomic mass is 35.5. The number of hydrogen-bond donors (Lipinski definition) is 3. The molecule has 6 heteroatoms. The number of halogens is 1. The molecule has 0 aliphatic rings. The molecular weight excluding hydrogens is 314 g/mol. The molecular formula is C17H18ClN3O2. The smallest absolute Gasteiger partial charge is 0.315 e. The third kappa shape index (κ3) is 5.64. The molecule has 3 amide bonds. The van der Waals surface area contributed by atoms with Gasteiger partial charge in [0.25, 0.3) is 0 Å². The van der Waals surface area contributed by atoms with E-state index in [0.717, 1.165) is 11.1 Å². The van der Waals surface area contributed by atoms with Crippen LogP contribution in [0.2, 0.25) is 5.02 Å². The third-order valence-electron chi connectivity index (χ3n) is 3.16. The van der Waals surface area contributed by atoms with Gasteiger partial charge in [0.2, 0.25) is 5.91 Å². The van der Waals surface area contributed by atoms with Crippen molar-refractivity contribution in [1.82, 2.24) is 10.6 Å². The number of aryl methyl sites for hydroxylation is 1. The first kappa shape index (κ1) is 16.8. The predicted molar refractivity (Wildman–Crippen MR) is 91.5 cm³/mol. The van der Waals surface area contributed by atoms with Crippen molar-refractivity contribution in [1.29, 1.82) is 0 Å². The van der Waals surface area contributed by atoms with Gasteiger partial charge >= 0.3 is 6.03 Å². The molecule has 0 aromatic heterocycles. The number of anilines is 1. The summed E-state index contributed by atoms with van der Waals surface area (Å²) in [5.74, 6) is -0.320. The first-order valence-corrected chi connectivity index (χ1v) is 7.54. The van der Waals surface area contributed by atoms with E-state index in [1.54, 1.807) is 12.1 Å². The monoisotopic (exact) mass is 331 g/mol. The van der Waals surface area contributed by atoms with Gasteiger partial charge in [-0.25, -0.2) is 4.79 Å². The van der Waals surface area contributed by atoms with E-state index in [-0.39, 0.29) is 12.5 Å². The molecule has 0 bridgehead atoms. The molecule has 0 atom stereocenters. The Labute approximate surface area is 140 Å². The summed E-state index contributed by atoms with van der Waals surface area (Å²) in [5, 5.41) is 8.44. The zero-order valence-corrected chi connectivity index (χ0v) is 13.5. The molecule has 0 saturated carbocycles. The Morgan fingerprint density at radius 3 is 2.48 bits per heavy atom. The van der Waals surface area contributed by atoms with Crippen molar-refractivity contribution in [2.45, 2.75) is 13.5 Å². The molecule has 23 heavy (non-hydrogen) atoms. The molecule has 2 aromatic rings. The lowest BCUT2D eigenvalue weighted by Crippen LogP contribution is -2.39. The number of rotatable bonds is 5. The van der Waals surface area contributed by atoms with Gasteiger partial charge in [-0.3, -0.25) is 4.79 Å². The second kappa shape index (κ2) is 8.19. The topological polar surface area (TPSA) is 70.2 Å². The summed E-state index contributed by atoms with van der Waals surface area (Å²) in [6.07, 6.45) is 0. The van der Waals surface area contributed by atoms with E-state index in [9.17, 15) is 9.59 Å². The summed E-state index contributed by atoms with van der Waals surface area (Å²) in [6, 6.07) is 14.4. The Hall–Kier alpha value is -2.53. The molecule has 0 aliphatic carbocycles. The van der Waals surface area contributed by atoms with E-state index in [1.165, 1.54) is 0 Å². The van der Waals surface area contributed by atoms with E-state index in [2.05, 4.69) is 16.0 Å². The van der Waals surface area contributed by atoms with Gasteiger partial charge in [-0.05, 0) is 30.2 Å². The lowest BCUT2D eigenvalue weighted by Gasteiger charge is -2.09. The zero-order chi connectivity index (χ0) is 16.7. The average Bonchev–Trinajstić information content (AvgIpc) is 2.55. The van der Waals surface area contributed by atoms with Gasteiger partial charge in [-0.15, -0.1) is 0 Å². The first-order valence-electron chi connectivity index (χ1n) is 7.16. The van der Waals surface area contributed by atoms with Crippen LogP contribution in [0.25, 0.3) is 0 Å². The van der Waals surface area contributed by atoms with Crippen LogP contribution in [-0.2, 0) is 11.3 Å². The summed E-state index contributed by atoms with van der Waals surface area (Å²) in [5.41, 5.74) is 2.52. The highest BCUT2D eigenvalue weighted by Gasteiger charge is 2.06. The normalized spacial score (nSPS) is 10.0. The van der Waals surface area contributed by atoms with Crippen molar-refractivity contribution in [2.24, 2.45) is 0 Å². The van der Waals surface area contributed by atoms with Crippen molar-refractivity contribution in [3.63, 3.8) is 0 Å². The largest absolute Gasteiger partial charge is 0.334 e. The third-order valence-corrected chi connectivity index (χ3v) is 3.57. The van der Waals surface area contributed by atoms with Gasteiger partial charge in [-0.1, -0.05) is 48.0 Å². The molecule has 5 nitrogen and oxygen atoms in total. The van der Waals surface area contributed by atoms with Crippen LogP contribution < -0.4 is 16.0 Å². The quantitative estimate of drug-likeness (QED) is 0.788. The number of hydrogen-bond acceptors (Lipinski definition) is 2. The summed E-state index contributed by atoms with van der Waals surface area (Å²) in [6.45, 7) is 2.17. The number of carbonyl (C=O) groups excluding carboxylic acids is 2. The second-order valence-corrected chi connectivity index (χ2v) is 5.44. The molecule has 0 fully saturated rings. The SMILES string of the molecule is Cc1ccc(NC(=O)CNC(=O)NCc2ccccc2)cc1Cl. The molecule has 2 rings (SSSR count). The molecule has 0 unspecified atom stereocenters. The Bertz CT molecular complexity index is 689. The summed E-state index contributed by atoms with van der Waals surface area (Å²) in [7, 11) is 0. The van der Waals surface area contributed by atoms with Crippen LogP contribution >= 0.6 is 11.6 Å². The van der Waals surface area contributed by atoms with Crippen LogP contribution in [0, 0.1) is 6.92 Å². The van der Waals surface area contributed by atoms with Gasteiger partial charge in [0.1, 0.15) is 0 Å². The lowest BCUT2D eigenvalue weighted by molar-refractivity contribution is -0.115. The fourth-order valence-electron chi connectivity index (χ4n) is 1.88. The second-order valence-electron chi connectivity index (χ2n) is 5.03. The van der Waals surface area contributed by atoms with Crippen LogP contribution in [0.4, 0.5) is 10.5 Å². The summed E-state index contributed by atoms with van der Waals surface area (Å²) >= 11 is 5.99. The maximum Gasteiger partial charge on any atom is 0.315 e. The van der Waals surface area contributed by atoms with Gasteiger partial charge in [0.05, 0.1) is 6.54 Å². The number of urea groups is 1. The Balaban J connectivity index is 1.73. The number of nitrogens with one attached hydrogen (secondary N) is 3. The molecule has 0 saturated heterocycles. The zero-order valence-electron chi connectivity index (χ0n) is 12.7. The number of benzene rings is 2. The van der Waals surface area contributed by atoms with E-state index < -0.39 is 6.03 Å². The van der Waals surface area contributed by atoms with Crippen LogP contribution in [0.1, 0.15) is 11.1 Å². The molecule has 0 heterocycles. The van der Waals surface area contributed by atoms with Gasteiger partial charge in [0.15, 0.2) is 0 Å². The van der Waals surface area contributed by atoms with Crippen molar-refractivity contribution >= 4 is 29.2 Å². The van der Waals surface area contributed by atoms with Crippen molar-refractivity contribution in [3.05, 3.63) is 64.7 Å². The van der Waals surface area contributed by atoms with Crippen LogP contribution in [0.15, 0.2) is 48.5 Å². The minimum atomic E-state index is -0.397. The fraction of sp³-hybridized carbons (Fsp3) is 0.176. The predicted octanol–water partition coefficient (Wildman–Crippen LogP) is 3.09. The first-order chi connectivity index (χ1) is 11.0. The van der Waals surface area contributed by atoms with E-state index in [1.807, 2.05) is 43.3 Å². The Morgan fingerprint density at radius 2 is 1.78 bits per heavy atom. The van der Waals surface area contributed by atoms with Crippen molar-refractivity contribution in [2.75, 3.05) is 11.9 Å². The highest BCUT2D eigenvalue weighted by molar-refractivity contribution is 6.31. The molecule has 3 N–H and O–H groups in total. The van der Waals surface area contributed by atoms with Gasteiger partial charge in [0, 0.05) is 17.3 Å². The lowest BCUT2D eigenvalue weighted by atomic mass is 10.2. The molecule has 0 aliphatic heterocycles. The minimum absolute atomic E-state index is 0.119. The average molecular weight is 332 g/mol. The molecule has 0 radical (unpaired) electrons.